The molecule has 9 unspecified atom stereocenters. The van der Waals surface area contributed by atoms with Crippen LogP contribution < -0.4 is 16.0 Å². The van der Waals surface area contributed by atoms with Gasteiger partial charge in [0.05, 0.1) is 5.92 Å². The van der Waals surface area contributed by atoms with Gasteiger partial charge in [0.25, 0.3) is 0 Å². The van der Waals surface area contributed by atoms with Gasteiger partial charge in [-0.3, -0.25) is 4.79 Å². The monoisotopic (exact) mass is 486 g/mol. The third-order valence-electron chi connectivity index (χ3n) is 9.17. The molecule has 2 aliphatic heterocycles. The minimum absolute atomic E-state index is 0.0324. The Morgan fingerprint density at radius 1 is 1.00 bits per heavy atom. The molecular weight excluding hydrogens is 445 g/mol. The van der Waals surface area contributed by atoms with Crippen LogP contribution in [0.25, 0.3) is 0 Å². The summed E-state index contributed by atoms with van der Waals surface area (Å²) in [6.07, 6.45) is 1.36. The Hall–Kier alpha value is -1.51. The Balaban J connectivity index is 1.33. The summed E-state index contributed by atoms with van der Waals surface area (Å²) in [6, 6.07) is -0.142. The molecule has 0 aromatic carbocycles. The molecule has 2 saturated carbocycles. The van der Waals surface area contributed by atoms with E-state index in [1.807, 2.05) is 11.9 Å². The minimum atomic E-state index is -4.20. The molecule has 4 rings (SSSR count). The van der Waals surface area contributed by atoms with Crippen LogP contribution in [0.4, 0.5) is 18.0 Å². The summed E-state index contributed by atoms with van der Waals surface area (Å²) in [4.78, 5) is 28.0. The summed E-state index contributed by atoms with van der Waals surface area (Å²) in [6.45, 7) is 5.31. The standard InChI is InChI=1S/C25H41F3N4O2/c1-14-7-8-19(31-24(34)30-18-6-4-5-17(11-18)25(26,27)28)12-20(14)21-10-16-13-29-15(2)9-22(16)32(3)23(21)33/h14-22,29H,4-13H2,1-3H3,(H2,30,31,34). The SMILES string of the molecule is CC1CC2C(CN1)CC(C1CC(NC(=O)NC3CCCC(C(F)(F)F)C3)CCC1C)C(=O)N2C. The van der Waals surface area contributed by atoms with Crippen molar-refractivity contribution in [1.29, 1.82) is 0 Å². The topological polar surface area (TPSA) is 73.5 Å². The molecule has 3 amide bonds. The number of fused-ring (bicyclic) bond motifs is 1. The van der Waals surface area contributed by atoms with E-state index in [0.29, 0.717) is 36.8 Å². The summed E-state index contributed by atoms with van der Waals surface area (Å²) in [5.74, 6) is -0.0601. The molecule has 0 aromatic rings. The van der Waals surface area contributed by atoms with Gasteiger partial charge in [0.1, 0.15) is 0 Å². The second kappa shape index (κ2) is 10.2. The fourth-order valence-corrected chi connectivity index (χ4v) is 7.13. The minimum Gasteiger partial charge on any atom is -0.342 e. The molecule has 2 aliphatic carbocycles. The zero-order valence-electron chi connectivity index (χ0n) is 20.7. The fraction of sp³-hybridized carbons (Fsp3) is 0.920. The maximum absolute atomic E-state index is 13.3. The van der Waals surface area contributed by atoms with Crippen molar-refractivity contribution in [3.05, 3.63) is 0 Å². The highest BCUT2D eigenvalue weighted by atomic mass is 19.4. The van der Waals surface area contributed by atoms with Crippen molar-refractivity contribution >= 4 is 11.9 Å². The van der Waals surface area contributed by atoms with Crippen LogP contribution in [-0.4, -0.2) is 60.8 Å². The molecule has 4 fully saturated rings. The maximum atomic E-state index is 13.3. The van der Waals surface area contributed by atoms with Crippen molar-refractivity contribution in [2.45, 2.75) is 102 Å². The molecule has 2 heterocycles. The highest BCUT2D eigenvalue weighted by Gasteiger charge is 2.47. The largest absolute Gasteiger partial charge is 0.391 e. The second-order valence-corrected chi connectivity index (χ2v) is 11.5. The number of piperidine rings is 2. The second-order valence-electron chi connectivity index (χ2n) is 11.5. The molecule has 2 saturated heterocycles. The van der Waals surface area contributed by atoms with Crippen LogP contribution in [0, 0.1) is 29.6 Å². The molecule has 6 nitrogen and oxygen atoms in total. The van der Waals surface area contributed by atoms with Crippen molar-refractivity contribution in [3.63, 3.8) is 0 Å². The van der Waals surface area contributed by atoms with E-state index < -0.39 is 18.1 Å². The molecule has 34 heavy (non-hydrogen) atoms. The molecule has 0 radical (unpaired) electrons. The van der Waals surface area contributed by atoms with Gasteiger partial charge in [-0.25, -0.2) is 4.79 Å². The third kappa shape index (κ3) is 5.65. The summed E-state index contributed by atoms with van der Waals surface area (Å²) >= 11 is 0. The summed E-state index contributed by atoms with van der Waals surface area (Å²) < 4.78 is 39.3. The first-order valence-corrected chi connectivity index (χ1v) is 13.2. The van der Waals surface area contributed by atoms with Gasteiger partial charge >= 0.3 is 12.2 Å². The number of nitrogens with one attached hydrogen (secondary N) is 3. The highest BCUT2D eigenvalue weighted by molar-refractivity contribution is 5.80. The average molecular weight is 487 g/mol. The van der Waals surface area contributed by atoms with Gasteiger partial charge in [0.15, 0.2) is 0 Å². The molecule has 3 N–H and O–H groups in total. The number of halogens is 3. The van der Waals surface area contributed by atoms with Crippen LogP contribution in [0.5, 0.6) is 0 Å². The van der Waals surface area contributed by atoms with Crippen molar-refractivity contribution in [1.82, 2.24) is 20.9 Å². The number of hydrogen-bond acceptors (Lipinski definition) is 3. The third-order valence-corrected chi connectivity index (χ3v) is 9.17. The molecule has 0 spiro atoms. The van der Waals surface area contributed by atoms with Gasteiger partial charge in [0.2, 0.25) is 5.91 Å². The number of carbonyl (C=O) groups is 2. The van der Waals surface area contributed by atoms with Crippen molar-refractivity contribution in [3.8, 4) is 0 Å². The Labute approximate surface area is 201 Å². The zero-order valence-corrected chi connectivity index (χ0v) is 20.7. The first-order valence-electron chi connectivity index (χ1n) is 13.2. The van der Waals surface area contributed by atoms with Crippen LogP contribution in [0.1, 0.15) is 71.6 Å². The number of alkyl halides is 3. The van der Waals surface area contributed by atoms with E-state index in [4.69, 9.17) is 0 Å². The summed E-state index contributed by atoms with van der Waals surface area (Å²) in [7, 11) is 1.94. The smallest absolute Gasteiger partial charge is 0.342 e. The molecule has 9 atom stereocenters. The summed E-state index contributed by atoms with van der Waals surface area (Å²) in [5, 5.41) is 9.39. The van der Waals surface area contributed by atoms with E-state index in [0.717, 1.165) is 38.6 Å². The number of amides is 3. The van der Waals surface area contributed by atoms with Crippen LogP contribution in [0.15, 0.2) is 0 Å². The average Bonchev–Trinajstić information content (AvgIpc) is 2.77. The van der Waals surface area contributed by atoms with Crippen molar-refractivity contribution in [2.24, 2.45) is 29.6 Å². The van der Waals surface area contributed by atoms with Gasteiger partial charge in [-0.05, 0) is 76.0 Å². The van der Waals surface area contributed by atoms with Crippen molar-refractivity contribution in [2.75, 3.05) is 13.6 Å². The highest BCUT2D eigenvalue weighted by Crippen LogP contribution is 2.43. The maximum Gasteiger partial charge on any atom is 0.391 e. The fourth-order valence-electron chi connectivity index (χ4n) is 7.13. The van der Waals surface area contributed by atoms with Gasteiger partial charge in [-0.15, -0.1) is 0 Å². The molecule has 194 valence electrons. The molecule has 0 aromatic heterocycles. The lowest BCUT2D eigenvalue weighted by molar-refractivity contribution is -0.183. The lowest BCUT2D eigenvalue weighted by atomic mass is 9.65. The predicted molar refractivity (Wildman–Crippen MR) is 124 cm³/mol. The number of carbonyl (C=O) groups excluding carboxylic acids is 2. The van der Waals surface area contributed by atoms with Gasteiger partial charge in [-0.2, -0.15) is 13.2 Å². The van der Waals surface area contributed by atoms with E-state index in [-0.39, 0.29) is 42.7 Å². The first-order chi connectivity index (χ1) is 16.0. The van der Waals surface area contributed by atoms with Gasteiger partial charge < -0.3 is 20.9 Å². The first kappa shape index (κ1) is 25.6. The molecule has 0 bridgehead atoms. The zero-order chi connectivity index (χ0) is 24.6. The predicted octanol–water partition coefficient (Wildman–Crippen LogP) is 4.06. The Bertz CT molecular complexity index is 748. The van der Waals surface area contributed by atoms with Gasteiger partial charge in [0, 0.05) is 43.7 Å². The molecule has 4 aliphatic rings. The number of nitrogens with zero attached hydrogens (tertiary/aromatic N) is 1. The summed E-state index contributed by atoms with van der Waals surface area (Å²) in [5.41, 5.74) is 0. The molecule has 9 heteroatoms. The molecular formula is C25H41F3N4O2. The van der Waals surface area contributed by atoms with E-state index in [9.17, 15) is 22.8 Å². The van der Waals surface area contributed by atoms with Crippen LogP contribution in [0.3, 0.4) is 0 Å². The number of likely N-dealkylation sites (tertiary alicyclic amines) is 1. The number of rotatable bonds is 3. The number of hydrogen-bond donors (Lipinski definition) is 3. The van der Waals surface area contributed by atoms with Crippen LogP contribution in [0.2, 0.25) is 0 Å². The Morgan fingerprint density at radius 3 is 2.41 bits per heavy atom. The quantitative estimate of drug-likeness (QED) is 0.563. The lowest BCUT2D eigenvalue weighted by Gasteiger charge is -2.50. The van der Waals surface area contributed by atoms with E-state index in [1.165, 1.54) is 0 Å². The van der Waals surface area contributed by atoms with E-state index >= 15 is 0 Å². The Kier molecular flexibility index (Phi) is 7.70. The van der Waals surface area contributed by atoms with E-state index in [2.05, 4.69) is 29.8 Å². The van der Waals surface area contributed by atoms with Crippen LogP contribution in [-0.2, 0) is 4.79 Å². The van der Waals surface area contributed by atoms with Gasteiger partial charge in [-0.1, -0.05) is 13.3 Å². The number of urea groups is 1. The van der Waals surface area contributed by atoms with E-state index in [1.54, 1.807) is 0 Å². The normalized spacial score (nSPS) is 41.5. The van der Waals surface area contributed by atoms with Crippen molar-refractivity contribution < 1.29 is 22.8 Å². The van der Waals surface area contributed by atoms with Crippen LogP contribution >= 0.6 is 0 Å². The lowest BCUT2D eigenvalue weighted by Crippen LogP contribution is -2.60. The Morgan fingerprint density at radius 2 is 1.71 bits per heavy atom.